The number of para-hydroxylation sites is 2. The Kier molecular flexibility index (Phi) is 5.22. The second-order valence-electron chi connectivity index (χ2n) is 7.09. The molecule has 0 bridgehead atoms. The molecule has 0 aliphatic rings. The Morgan fingerprint density at radius 2 is 1.62 bits per heavy atom. The van der Waals surface area contributed by atoms with Crippen LogP contribution in [0.15, 0.2) is 77.7 Å². The summed E-state index contributed by atoms with van der Waals surface area (Å²) in [5, 5.41) is 0. The first-order valence-electron chi connectivity index (χ1n) is 9.53. The number of aromatic nitrogens is 2. The van der Waals surface area contributed by atoms with Crippen molar-refractivity contribution in [1.82, 2.24) is 14.3 Å². The summed E-state index contributed by atoms with van der Waals surface area (Å²) in [5.41, 5.74) is 4.90. The monoisotopic (exact) mass is 405 g/mol. The van der Waals surface area contributed by atoms with Crippen molar-refractivity contribution in [2.75, 3.05) is 6.54 Å². The van der Waals surface area contributed by atoms with Crippen molar-refractivity contribution in [1.29, 1.82) is 0 Å². The highest BCUT2D eigenvalue weighted by molar-refractivity contribution is 7.89. The number of aryl methyl sites for hydroxylation is 2. The van der Waals surface area contributed by atoms with Crippen LogP contribution < -0.4 is 4.72 Å². The van der Waals surface area contributed by atoms with Gasteiger partial charge in [0.25, 0.3) is 0 Å². The fourth-order valence-corrected chi connectivity index (χ4v) is 4.47. The van der Waals surface area contributed by atoms with E-state index in [-0.39, 0.29) is 6.54 Å². The summed E-state index contributed by atoms with van der Waals surface area (Å²) in [4.78, 5) is 5.05. The lowest BCUT2D eigenvalue weighted by atomic mass is 10.1. The summed E-state index contributed by atoms with van der Waals surface area (Å²) in [6.07, 6.45) is 0. The van der Waals surface area contributed by atoms with Gasteiger partial charge in [0.2, 0.25) is 10.0 Å². The standard InChI is InChI=1S/C23H23N3O2S/c1-17-12-13-20(16-18(17)2)29(27,28)24-14-15-26-22-11-7-6-10-21(22)25-23(26)19-8-4-3-5-9-19/h3-13,16,24H,14-15H2,1-2H3. The maximum absolute atomic E-state index is 12.7. The number of rotatable bonds is 6. The molecule has 0 saturated heterocycles. The Morgan fingerprint density at radius 1 is 0.897 bits per heavy atom. The van der Waals surface area contributed by atoms with E-state index < -0.39 is 10.0 Å². The van der Waals surface area contributed by atoms with Gasteiger partial charge in [-0.1, -0.05) is 48.5 Å². The predicted molar refractivity (Wildman–Crippen MR) is 116 cm³/mol. The van der Waals surface area contributed by atoms with E-state index in [1.54, 1.807) is 12.1 Å². The van der Waals surface area contributed by atoms with E-state index in [0.29, 0.717) is 11.4 Å². The third kappa shape index (κ3) is 3.95. The first-order valence-corrected chi connectivity index (χ1v) is 11.0. The van der Waals surface area contributed by atoms with E-state index in [4.69, 9.17) is 4.98 Å². The molecule has 0 aliphatic carbocycles. The number of sulfonamides is 1. The summed E-state index contributed by atoms with van der Waals surface area (Å²) >= 11 is 0. The largest absolute Gasteiger partial charge is 0.323 e. The fraction of sp³-hybridized carbons (Fsp3) is 0.174. The minimum Gasteiger partial charge on any atom is -0.323 e. The van der Waals surface area contributed by atoms with Gasteiger partial charge in [0, 0.05) is 18.7 Å². The van der Waals surface area contributed by atoms with Crippen LogP contribution in [0, 0.1) is 13.8 Å². The number of imidazole rings is 1. The van der Waals surface area contributed by atoms with E-state index in [1.807, 2.05) is 74.5 Å². The summed E-state index contributed by atoms with van der Waals surface area (Å²) < 4.78 is 30.2. The molecule has 148 valence electrons. The highest BCUT2D eigenvalue weighted by atomic mass is 32.2. The predicted octanol–water partition coefficient (Wildman–Crippen LogP) is 4.30. The van der Waals surface area contributed by atoms with Crippen molar-refractivity contribution >= 4 is 21.1 Å². The topological polar surface area (TPSA) is 64.0 Å². The second-order valence-corrected chi connectivity index (χ2v) is 8.85. The van der Waals surface area contributed by atoms with Crippen LogP contribution in [0.3, 0.4) is 0 Å². The lowest BCUT2D eigenvalue weighted by molar-refractivity contribution is 0.574. The highest BCUT2D eigenvalue weighted by Crippen LogP contribution is 2.24. The zero-order valence-corrected chi connectivity index (χ0v) is 17.3. The van der Waals surface area contributed by atoms with Crippen LogP contribution in [-0.2, 0) is 16.6 Å². The molecule has 1 heterocycles. The van der Waals surface area contributed by atoms with E-state index in [9.17, 15) is 8.42 Å². The average molecular weight is 406 g/mol. The summed E-state index contributed by atoms with van der Waals surface area (Å²) in [7, 11) is -3.57. The van der Waals surface area contributed by atoms with Crippen LogP contribution in [0.2, 0.25) is 0 Å². The minimum atomic E-state index is -3.57. The van der Waals surface area contributed by atoms with E-state index in [0.717, 1.165) is 33.5 Å². The molecule has 1 N–H and O–H groups in total. The van der Waals surface area contributed by atoms with Crippen molar-refractivity contribution in [3.63, 3.8) is 0 Å². The van der Waals surface area contributed by atoms with Gasteiger partial charge in [0.1, 0.15) is 5.82 Å². The van der Waals surface area contributed by atoms with Gasteiger partial charge < -0.3 is 4.57 Å². The van der Waals surface area contributed by atoms with E-state index in [2.05, 4.69) is 9.29 Å². The maximum Gasteiger partial charge on any atom is 0.240 e. The van der Waals surface area contributed by atoms with Gasteiger partial charge in [-0.2, -0.15) is 0 Å². The normalized spacial score (nSPS) is 11.8. The molecule has 0 amide bonds. The quantitative estimate of drug-likeness (QED) is 0.520. The Morgan fingerprint density at radius 3 is 2.38 bits per heavy atom. The van der Waals surface area contributed by atoms with Crippen LogP contribution >= 0.6 is 0 Å². The molecule has 0 spiro atoms. The van der Waals surface area contributed by atoms with E-state index in [1.165, 1.54) is 0 Å². The molecule has 3 aromatic carbocycles. The zero-order valence-electron chi connectivity index (χ0n) is 16.5. The van der Waals surface area contributed by atoms with Gasteiger partial charge in [0.05, 0.1) is 15.9 Å². The Hall–Kier alpha value is -2.96. The number of nitrogens with one attached hydrogen (secondary N) is 1. The minimum absolute atomic E-state index is 0.273. The van der Waals surface area contributed by atoms with Crippen LogP contribution in [-0.4, -0.2) is 24.5 Å². The highest BCUT2D eigenvalue weighted by Gasteiger charge is 2.16. The molecule has 4 aromatic rings. The number of benzene rings is 3. The molecule has 0 radical (unpaired) electrons. The molecule has 0 aliphatic heterocycles. The number of fused-ring (bicyclic) bond motifs is 1. The van der Waals surface area contributed by atoms with Gasteiger partial charge in [-0.15, -0.1) is 0 Å². The second kappa shape index (κ2) is 7.81. The smallest absolute Gasteiger partial charge is 0.240 e. The first kappa shape index (κ1) is 19.4. The maximum atomic E-state index is 12.7. The van der Waals surface area contributed by atoms with Crippen LogP contribution in [0.1, 0.15) is 11.1 Å². The third-order valence-electron chi connectivity index (χ3n) is 5.10. The van der Waals surface area contributed by atoms with Gasteiger partial charge in [0.15, 0.2) is 0 Å². The first-order chi connectivity index (χ1) is 14.0. The number of hydrogen-bond donors (Lipinski definition) is 1. The van der Waals surface area contributed by atoms with Crippen LogP contribution in [0.25, 0.3) is 22.4 Å². The summed E-state index contributed by atoms with van der Waals surface area (Å²) in [5.74, 6) is 0.831. The lowest BCUT2D eigenvalue weighted by Gasteiger charge is -2.12. The van der Waals surface area contributed by atoms with Crippen molar-refractivity contribution in [3.8, 4) is 11.4 Å². The van der Waals surface area contributed by atoms with Gasteiger partial charge in [-0.05, 0) is 49.2 Å². The number of hydrogen-bond acceptors (Lipinski definition) is 3. The fourth-order valence-electron chi connectivity index (χ4n) is 3.37. The van der Waals surface area contributed by atoms with Gasteiger partial charge in [-0.25, -0.2) is 18.1 Å². The average Bonchev–Trinajstić information content (AvgIpc) is 3.09. The molecule has 0 saturated carbocycles. The molecule has 5 nitrogen and oxygen atoms in total. The lowest BCUT2D eigenvalue weighted by Crippen LogP contribution is -2.27. The molecule has 0 atom stereocenters. The molecule has 0 fully saturated rings. The Bertz CT molecular complexity index is 1260. The molecule has 1 aromatic heterocycles. The van der Waals surface area contributed by atoms with Crippen molar-refractivity contribution < 1.29 is 8.42 Å². The summed E-state index contributed by atoms with van der Waals surface area (Å²) in [6.45, 7) is 4.64. The summed E-state index contributed by atoms with van der Waals surface area (Å²) in [6, 6.07) is 23.0. The van der Waals surface area contributed by atoms with Gasteiger partial charge in [-0.3, -0.25) is 0 Å². The molecule has 0 unspecified atom stereocenters. The van der Waals surface area contributed by atoms with Crippen molar-refractivity contribution in [2.45, 2.75) is 25.3 Å². The van der Waals surface area contributed by atoms with Crippen LogP contribution in [0.4, 0.5) is 0 Å². The van der Waals surface area contributed by atoms with Crippen molar-refractivity contribution in [2.24, 2.45) is 0 Å². The Balaban J connectivity index is 1.60. The number of nitrogens with zero attached hydrogens (tertiary/aromatic N) is 2. The van der Waals surface area contributed by atoms with Crippen LogP contribution in [0.5, 0.6) is 0 Å². The molecular weight excluding hydrogens is 382 g/mol. The zero-order chi connectivity index (χ0) is 20.4. The van der Waals surface area contributed by atoms with Gasteiger partial charge >= 0.3 is 0 Å². The molecular formula is C23H23N3O2S. The molecule has 4 rings (SSSR count). The van der Waals surface area contributed by atoms with Crippen molar-refractivity contribution in [3.05, 3.63) is 83.9 Å². The van der Waals surface area contributed by atoms with E-state index >= 15 is 0 Å². The molecule has 6 heteroatoms. The Labute approximate surface area is 171 Å². The molecule has 29 heavy (non-hydrogen) atoms. The third-order valence-corrected chi connectivity index (χ3v) is 6.56. The SMILES string of the molecule is Cc1ccc(S(=O)(=O)NCCn2c(-c3ccccc3)nc3ccccc32)cc1C.